The second-order valence-electron chi connectivity index (χ2n) is 11.2. The first-order chi connectivity index (χ1) is 19.8. The minimum Gasteiger partial charge on any atom is -0.508 e. The highest BCUT2D eigenvalue weighted by Gasteiger charge is 2.37. The molecule has 0 aromatic heterocycles. The Labute approximate surface area is 236 Å². The summed E-state index contributed by atoms with van der Waals surface area (Å²) in [6, 6.07) is 17.6. The van der Waals surface area contributed by atoms with Crippen molar-refractivity contribution >= 4 is 17.5 Å². The van der Waals surface area contributed by atoms with E-state index < -0.39 is 29.4 Å². The summed E-state index contributed by atoms with van der Waals surface area (Å²) in [6.45, 7) is 1.33. The normalized spacial score (nSPS) is 23.8. The van der Waals surface area contributed by atoms with E-state index in [1.54, 1.807) is 12.1 Å². The van der Waals surface area contributed by atoms with E-state index in [2.05, 4.69) is 22.8 Å². The zero-order valence-corrected chi connectivity index (χ0v) is 22.5. The molecule has 41 heavy (non-hydrogen) atoms. The van der Waals surface area contributed by atoms with Crippen molar-refractivity contribution in [3.05, 3.63) is 89.0 Å². The number of aromatic hydroxyl groups is 1. The standard InChI is InChI=1S/C32H32F2N2O5/c33-27-18-29(28(34)17-26(27)25-9-10-30(38)36-31(25)39)35-21-15-24(16-21)41-23-7-3-20(4-8-23)32(11-13-40-14-12-32)19-1-5-22(37)6-2-19/h1-8,17-18,21,24-25,35,37H,9-16H2,(H,36,38,39). The van der Waals surface area contributed by atoms with Crippen molar-refractivity contribution in [1.29, 1.82) is 0 Å². The van der Waals surface area contributed by atoms with E-state index in [1.165, 1.54) is 5.56 Å². The number of rotatable bonds is 7. The number of halogens is 2. The lowest BCUT2D eigenvalue weighted by molar-refractivity contribution is -0.134. The van der Waals surface area contributed by atoms with Gasteiger partial charge in [0.2, 0.25) is 11.8 Å². The maximum absolute atomic E-state index is 14.8. The summed E-state index contributed by atoms with van der Waals surface area (Å²) in [6.07, 6.45) is 3.15. The fourth-order valence-electron chi connectivity index (χ4n) is 6.22. The van der Waals surface area contributed by atoms with Crippen LogP contribution in [0.2, 0.25) is 0 Å². The van der Waals surface area contributed by atoms with Crippen LogP contribution in [0.15, 0.2) is 60.7 Å². The number of carbonyl (C=O) groups is 2. The van der Waals surface area contributed by atoms with E-state index >= 15 is 0 Å². The molecule has 0 bridgehead atoms. The van der Waals surface area contributed by atoms with Gasteiger partial charge in [0, 0.05) is 55.6 Å². The lowest BCUT2D eigenvalue weighted by Crippen LogP contribution is -2.42. The van der Waals surface area contributed by atoms with Gasteiger partial charge in [-0.25, -0.2) is 8.78 Å². The quantitative estimate of drug-likeness (QED) is 0.338. The van der Waals surface area contributed by atoms with Crippen LogP contribution in [0.1, 0.15) is 61.1 Å². The van der Waals surface area contributed by atoms with Crippen molar-refractivity contribution in [1.82, 2.24) is 5.32 Å². The Bertz CT molecular complexity index is 1430. The largest absolute Gasteiger partial charge is 0.508 e. The SMILES string of the molecule is O=C1CCC(c2cc(F)c(NC3CC(Oc4ccc(C5(c6ccc(O)cc6)CCOCC5)cc4)C3)cc2F)C(=O)N1. The van der Waals surface area contributed by atoms with E-state index in [-0.39, 0.29) is 47.4 Å². The van der Waals surface area contributed by atoms with Gasteiger partial charge in [0.1, 0.15) is 29.2 Å². The zero-order chi connectivity index (χ0) is 28.6. The average Bonchev–Trinajstić information content (AvgIpc) is 2.95. The number of amides is 2. The maximum Gasteiger partial charge on any atom is 0.234 e. The predicted molar refractivity (Wildman–Crippen MR) is 148 cm³/mol. The van der Waals surface area contributed by atoms with Crippen LogP contribution < -0.4 is 15.4 Å². The predicted octanol–water partition coefficient (Wildman–Crippen LogP) is 5.31. The third-order valence-electron chi connectivity index (χ3n) is 8.63. The summed E-state index contributed by atoms with van der Waals surface area (Å²) in [5.74, 6) is -2.21. The number of imide groups is 1. The van der Waals surface area contributed by atoms with Crippen molar-refractivity contribution in [2.45, 2.75) is 62.0 Å². The van der Waals surface area contributed by atoms with E-state index in [4.69, 9.17) is 9.47 Å². The second-order valence-corrected chi connectivity index (χ2v) is 11.2. The molecule has 3 aliphatic rings. The minimum atomic E-state index is -0.883. The van der Waals surface area contributed by atoms with Gasteiger partial charge in [0.15, 0.2) is 0 Å². The van der Waals surface area contributed by atoms with Crippen LogP contribution in [0.3, 0.4) is 0 Å². The first-order valence-electron chi connectivity index (χ1n) is 14.0. The van der Waals surface area contributed by atoms with E-state index in [1.807, 2.05) is 24.3 Å². The molecule has 3 fully saturated rings. The smallest absolute Gasteiger partial charge is 0.234 e. The number of benzene rings is 3. The summed E-state index contributed by atoms with van der Waals surface area (Å²) in [7, 11) is 0. The summed E-state index contributed by atoms with van der Waals surface area (Å²) in [4.78, 5) is 23.5. The highest BCUT2D eigenvalue weighted by molar-refractivity contribution is 6.01. The Morgan fingerprint density at radius 3 is 2.24 bits per heavy atom. The highest BCUT2D eigenvalue weighted by Crippen LogP contribution is 2.42. The first kappa shape index (κ1) is 27.2. The topological polar surface area (TPSA) is 96.9 Å². The van der Waals surface area contributed by atoms with Crippen LogP contribution in [0, 0.1) is 11.6 Å². The van der Waals surface area contributed by atoms with E-state index in [0.29, 0.717) is 26.1 Å². The van der Waals surface area contributed by atoms with Crippen LogP contribution >= 0.6 is 0 Å². The lowest BCUT2D eigenvalue weighted by atomic mass is 9.69. The van der Waals surface area contributed by atoms with Gasteiger partial charge < -0.3 is 19.9 Å². The van der Waals surface area contributed by atoms with Crippen molar-refractivity contribution in [3.8, 4) is 11.5 Å². The number of ether oxygens (including phenoxy) is 2. The number of carbonyl (C=O) groups excluding carboxylic acids is 2. The molecular formula is C32H32F2N2O5. The fraction of sp³-hybridized carbons (Fsp3) is 0.375. The molecule has 0 spiro atoms. The Morgan fingerprint density at radius 1 is 0.927 bits per heavy atom. The Kier molecular flexibility index (Phi) is 7.38. The Hall–Kier alpha value is -3.98. The zero-order valence-electron chi connectivity index (χ0n) is 22.5. The summed E-state index contributed by atoms with van der Waals surface area (Å²) < 4.78 is 41.5. The Morgan fingerprint density at radius 2 is 1.59 bits per heavy atom. The molecule has 2 heterocycles. The number of piperidine rings is 1. The van der Waals surface area contributed by atoms with Crippen LogP contribution in [-0.2, 0) is 19.7 Å². The molecule has 2 aliphatic heterocycles. The highest BCUT2D eigenvalue weighted by atomic mass is 19.1. The van der Waals surface area contributed by atoms with E-state index in [0.717, 1.165) is 36.3 Å². The van der Waals surface area contributed by atoms with Gasteiger partial charge in [-0.15, -0.1) is 0 Å². The van der Waals surface area contributed by atoms with E-state index in [9.17, 15) is 23.5 Å². The maximum atomic E-state index is 14.8. The van der Waals surface area contributed by atoms with Crippen LogP contribution in [0.4, 0.5) is 14.5 Å². The minimum absolute atomic E-state index is 0.0377. The van der Waals surface area contributed by atoms with Gasteiger partial charge in [-0.3, -0.25) is 14.9 Å². The molecule has 1 atom stereocenters. The van der Waals surface area contributed by atoms with Crippen LogP contribution in [0.5, 0.6) is 11.5 Å². The molecule has 0 radical (unpaired) electrons. The molecule has 3 aromatic rings. The van der Waals surface area contributed by atoms with Gasteiger partial charge in [-0.1, -0.05) is 24.3 Å². The molecule has 1 saturated carbocycles. The summed E-state index contributed by atoms with van der Waals surface area (Å²) in [5.41, 5.74) is 2.13. The molecule has 2 saturated heterocycles. The monoisotopic (exact) mass is 562 g/mol. The molecule has 6 rings (SSSR count). The second kappa shape index (κ2) is 11.1. The summed E-state index contributed by atoms with van der Waals surface area (Å²) >= 11 is 0. The molecular weight excluding hydrogens is 530 g/mol. The fourth-order valence-corrected chi connectivity index (χ4v) is 6.22. The Balaban J connectivity index is 1.06. The third kappa shape index (κ3) is 5.51. The van der Waals surface area contributed by atoms with Crippen molar-refractivity contribution in [3.63, 3.8) is 0 Å². The molecule has 9 heteroatoms. The molecule has 1 unspecified atom stereocenters. The molecule has 1 aliphatic carbocycles. The van der Waals surface area contributed by atoms with Crippen LogP contribution in [-0.4, -0.2) is 42.3 Å². The van der Waals surface area contributed by atoms with Crippen molar-refractivity contribution in [2.75, 3.05) is 18.5 Å². The first-order valence-corrected chi connectivity index (χ1v) is 14.0. The number of phenolic OH excluding ortho intramolecular Hbond substituents is 1. The third-order valence-corrected chi connectivity index (χ3v) is 8.63. The number of hydrogen-bond acceptors (Lipinski definition) is 6. The molecule has 214 valence electrons. The number of hydrogen-bond donors (Lipinski definition) is 3. The van der Waals surface area contributed by atoms with Gasteiger partial charge in [-0.05, 0) is 60.7 Å². The van der Waals surface area contributed by atoms with Crippen molar-refractivity contribution < 1.29 is 33.0 Å². The van der Waals surface area contributed by atoms with Crippen molar-refractivity contribution in [2.24, 2.45) is 0 Å². The molecule has 3 aromatic carbocycles. The van der Waals surface area contributed by atoms with Gasteiger partial charge >= 0.3 is 0 Å². The molecule has 7 nitrogen and oxygen atoms in total. The summed E-state index contributed by atoms with van der Waals surface area (Å²) in [5, 5.41) is 15.0. The van der Waals surface area contributed by atoms with Crippen LogP contribution in [0.25, 0.3) is 0 Å². The van der Waals surface area contributed by atoms with Gasteiger partial charge in [-0.2, -0.15) is 0 Å². The molecule has 2 amide bonds. The lowest BCUT2D eigenvalue weighted by Gasteiger charge is -2.39. The number of anilines is 1. The van der Waals surface area contributed by atoms with Gasteiger partial charge in [0.05, 0.1) is 11.6 Å². The number of phenols is 1. The average molecular weight is 563 g/mol. The number of nitrogens with one attached hydrogen (secondary N) is 2. The molecule has 3 N–H and O–H groups in total. The van der Waals surface area contributed by atoms with Gasteiger partial charge in [0.25, 0.3) is 0 Å².